The number of esters is 1. The molecule has 0 aliphatic carbocycles. The Morgan fingerprint density at radius 3 is 1.13 bits per heavy atom. The van der Waals surface area contributed by atoms with Crippen LogP contribution in [0.3, 0.4) is 0 Å². The second-order valence-corrected chi connectivity index (χ2v) is 19.6. The number of aliphatic hydroxyl groups is 2. The van der Waals surface area contributed by atoms with E-state index in [0.717, 1.165) is 77.0 Å². The molecule has 0 rings (SSSR count). The van der Waals surface area contributed by atoms with E-state index in [-0.39, 0.29) is 18.5 Å². The van der Waals surface area contributed by atoms with E-state index < -0.39 is 12.1 Å². The van der Waals surface area contributed by atoms with E-state index in [0.29, 0.717) is 25.9 Å². The molecule has 0 heterocycles. The van der Waals surface area contributed by atoms with Gasteiger partial charge in [0, 0.05) is 12.8 Å². The molecule has 0 aliphatic rings. The second-order valence-electron chi connectivity index (χ2n) is 19.6. The highest BCUT2D eigenvalue weighted by molar-refractivity contribution is 5.76. The van der Waals surface area contributed by atoms with E-state index in [2.05, 4.69) is 31.3 Å². The number of hydrogen-bond acceptors (Lipinski definition) is 5. The lowest BCUT2D eigenvalue weighted by molar-refractivity contribution is -0.143. The van der Waals surface area contributed by atoms with E-state index >= 15 is 0 Å². The Hall–Kier alpha value is -1.40. The van der Waals surface area contributed by atoms with Crippen molar-refractivity contribution in [3.63, 3.8) is 0 Å². The van der Waals surface area contributed by atoms with Gasteiger partial charge in [0.2, 0.25) is 5.91 Å². The Kier molecular flexibility index (Phi) is 52.0. The van der Waals surface area contributed by atoms with Crippen molar-refractivity contribution in [2.45, 2.75) is 328 Å². The summed E-state index contributed by atoms with van der Waals surface area (Å²) in [4.78, 5) is 24.5. The van der Waals surface area contributed by atoms with Gasteiger partial charge in [0.15, 0.2) is 0 Å². The van der Waals surface area contributed by atoms with Gasteiger partial charge in [-0.15, -0.1) is 0 Å². The third kappa shape index (κ3) is 49.9. The molecule has 374 valence electrons. The summed E-state index contributed by atoms with van der Waals surface area (Å²) in [7, 11) is 0. The summed E-state index contributed by atoms with van der Waals surface area (Å²) in [6.45, 7) is 4.90. The molecule has 0 saturated carbocycles. The Balaban J connectivity index is 3.49. The molecular weight excluding hydrogens is 779 g/mol. The van der Waals surface area contributed by atoms with Crippen LogP contribution in [0.1, 0.15) is 316 Å². The van der Waals surface area contributed by atoms with Crippen LogP contribution in [0.2, 0.25) is 0 Å². The molecule has 0 saturated heterocycles. The summed E-state index contributed by atoms with van der Waals surface area (Å²) < 4.78 is 5.44. The molecule has 6 nitrogen and oxygen atoms in total. The molecule has 0 spiro atoms. The van der Waals surface area contributed by atoms with Crippen molar-refractivity contribution in [1.82, 2.24) is 5.32 Å². The highest BCUT2D eigenvalue weighted by Crippen LogP contribution is 2.17. The molecule has 0 aromatic carbocycles. The maximum Gasteiger partial charge on any atom is 0.305 e. The highest BCUT2D eigenvalue weighted by Gasteiger charge is 2.20. The summed E-state index contributed by atoms with van der Waals surface area (Å²) >= 11 is 0. The van der Waals surface area contributed by atoms with Gasteiger partial charge in [0.1, 0.15) is 0 Å². The van der Waals surface area contributed by atoms with Gasteiger partial charge >= 0.3 is 5.97 Å². The maximum absolute atomic E-state index is 12.5. The number of nitrogens with one attached hydrogen (secondary N) is 1. The summed E-state index contributed by atoms with van der Waals surface area (Å²) in [5.41, 5.74) is 0. The minimum Gasteiger partial charge on any atom is -0.466 e. The molecule has 6 heteroatoms. The van der Waals surface area contributed by atoms with Gasteiger partial charge in [-0.25, -0.2) is 0 Å². The number of rotatable bonds is 53. The first kappa shape index (κ1) is 61.6. The Bertz CT molecular complexity index is 939. The quantitative estimate of drug-likeness (QED) is 0.0321. The molecule has 0 fully saturated rings. The largest absolute Gasteiger partial charge is 0.466 e. The van der Waals surface area contributed by atoms with Crippen molar-refractivity contribution in [2.75, 3.05) is 13.2 Å². The molecule has 0 bridgehead atoms. The van der Waals surface area contributed by atoms with E-state index in [1.807, 2.05) is 0 Å². The van der Waals surface area contributed by atoms with Crippen molar-refractivity contribution < 1.29 is 24.5 Å². The fourth-order valence-electron chi connectivity index (χ4n) is 8.93. The molecule has 0 aromatic heterocycles. The van der Waals surface area contributed by atoms with Crippen LogP contribution >= 0.6 is 0 Å². The predicted octanol–water partition coefficient (Wildman–Crippen LogP) is 17.3. The van der Waals surface area contributed by atoms with E-state index in [1.54, 1.807) is 0 Å². The maximum atomic E-state index is 12.5. The molecule has 1 amide bonds. The van der Waals surface area contributed by atoms with Gasteiger partial charge in [0.05, 0.1) is 25.4 Å². The monoisotopic (exact) mass is 890 g/mol. The van der Waals surface area contributed by atoms with Crippen molar-refractivity contribution >= 4 is 11.9 Å². The number of carbonyl (C=O) groups excluding carboxylic acids is 2. The normalized spacial score (nSPS) is 12.6. The van der Waals surface area contributed by atoms with Gasteiger partial charge in [-0.05, 0) is 51.4 Å². The Morgan fingerprint density at radius 1 is 0.429 bits per heavy atom. The first-order valence-corrected chi connectivity index (χ1v) is 28.4. The van der Waals surface area contributed by atoms with Crippen LogP contribution in [0.25, 0.3) is 0 Å². The second kappa shape index (κ2) is 53.2. The van der Waals surface area contributed by atoms with Crippen molar-refractivity contribution in [3.8, 4) is 0 Å². The Labute approximate surface area is 393 Å². The summed E-state index contributed by atoms with van der Waals surface area (Å²) in [6, 6.07) is -0.562. The van der Waals surface area contributed by atoms with Gasteiger partial charge in [-0.3, -0.25) is 9.59 Å². The van der Waals surface area contributed by atoms with Gasteiger partial charge in [0.25, 0.3) is 0 Å². The van der Waals surface area contributed by atoms with Crippen LogP contribution < -0.4 is 5.32 Å². The van der Waals surface area contributed by atoms with Crippen molar-refractivity contribution in [2.24, 2.45) is 0 Å². The summed E-state index contributed by atoms with van der Waals surface area (Å²) in [5.74, 6) is -0.0885. The average molecular weight is 891 g/mol. The van der Waals surface area contributed by atoms with E-state index in [4.69, 9.17) is 4.74 Å². The number of carbonyl (C=O) groups is 2. The van der Waals surface area contributed by atoms with E-state index in [9.17, 15) is 19.8 Å². The predicted molar refractivity (Wildman–Crippen MR) is 273 cm³/mol. The summed E-state index contributed by atoms with van der Waals surface area (Å²) in [6.07, 6.45) is 62.0. The van der Waals surface area contributed by atoms with Crippen LogP contribution in [0.15, 0.2) is 12.2 Å². The lowest BCUT2D eigenvalue weighted by Gasteiger charge is -2.22. The van der Waals surface area contributed by atoms with Crippen LogP contribution in [0.5, 0.6) is 0 Å². The molecule has 2 atom stereocenters. The molecular formula is C57H111NO5. The lowest BCUT2D eigenvalue weighted by atomic mass is 10.0. The molecule has 0 radical (unpaired) electrons. The van der Waals surface area contributed by atoms with Gasteiger partial charge in [-0.2, -0.15) is 0 Å². The lowest BCUT2D eigenvalue weighted by Crippen LogP contribution is -2.45. The average Bonchev–Trinajstić information content (AvgIpc) is 3.28. The first-order valence-electron chi connectivity index (χ1n) is 28.4. The van der Waals surface area contributed by atoms with Crippen LogP contribution in [-0.4, -0.2) is 47.4 Å². The van der Waals surface area contributed by atoms with Gasteiger partial charge in [-0.1, -0.05) is 264 Å². The third-order valence-electron chi connectivity index (χ3n) is 13.3. The molecule has 63 heavy (non-hydrogen) atoms. The van der Waals surface area contributed by atoms with Crippen LogP contribution in [0.4, 0.5) is 0 Å². The van der Waals surface area contributed by atoms with Crippen LogP contribution in [-0.2, 0) is 14.3 Å². The van der Waals surface area contributed by atoms with Crippen LogP contribution in [0, 0.1) is 0 Å². The molecule has 2 unspecified atom stereocenters. The molecule has 0 aromatic rings. The van der Waals surface area contributed by atoms with E-state index in [1.165, 1.54) is 205 Å². The molecule has 0 aliphatic heterocycles. The van der Waals surface area contributed by atoms with Crippen molar-refractivity contribution in [3.05, 3.63) is 12.2 Å². The SMILES string of the molecule is CCCCCCCCCCCCCCCCCCCCCCCC(O)C(CO)NC(=O)CCCCCCC/C=C\CCCCOC(=O)CCCCCCCCCCCCCCCC. The number of aliphatic hydroxyl groups excluding tert-OH is 2. The number of amides is 1. The zero-order valence-corrected chi connectivity index (χ0v) is 42.6. The van der Waals surface area contributed by atoms with Crippen molar-refractivity contribution in [1.29, 1.82) is 0 Å². The third-order valence-corrected chi connectivity index (χ3v) is 13.3. The minimum atomic E-state index is -0.682. The molecule has 3 N–H and O–H groups in total. The fraction of sp³-hybridized carbons (Fsp3) is 0.930. The number of ether oxygens (including phenoxy) is 1. The topological polar surface area (TPSA) is 95.9 Å². The Morgan fingerprint density at radius 2 is 0.746 bits per heavy atom. The van der Waals surface area contributed by atoms with Gasteiger partial charge < -0.3 is 20.3 Å². The zero-order chi connectivity index (χ0) is 45.8. The fourth-order valence-corrected chi connectivity index (χ4v) is 8.93. The number of unbranched alkanes of at least 4 members (excludes halogenated alkanes) is 40. The zero-order valence-electron chi connectivity index (χ0n) is 42.6. The first-order chi connectivity index (χ1) is 31.0. The summed E-state index contributed by atoms with van der Waals surface area (Å²) in [5, 5.41) is 23.3. The minimum absolute atomic E-state index is 0.0280. The standard InChI is InChI=1S/C57H111NO5/c1-3-5-7-9-11-13-15-17-19-20-21-22-23-24-25-26-29-33-37-41-45-49-55(60)54(53-59)58-56(61)50-46-42-38-34-30-28-32-36-40-44-48-52-63-57(62)51-47-43-39-35-31-27-18-16-14-12-10-8-6-4-2/h32,36,54-55,59-60H,3-31,33-35,37-53H2,1-2H3,(H,58,61)/b36-32-. The number of allylic oxidation sites excluding steroid dienone is 2. The number of hydrogen-bond donors (Lipinski definition) is 3. The smallest absolute Gasteiger partial charge is 0.305 e. The highest BCUT2D eigenvalue weighted by atomic mass is 16.5.